The molecule has 18 heavy (non-hydrogen) atoms. The summed E-state index contributed by atoms with van der Waals surface area (Å²) in [5, 5.41) is 6.44. The fourth-order valence-corrected chi connectivity index (χ4v) is 1.27. The van der Waals surface area contributed by atoms with Crippen LogP contribution in [-0.4, -0.2) is 27.3 Å². The van der Waals surface area contributed by atoms with Gasteiger partial charge in [-0.1, -0.05) is 6.58 Å². The number of ketones is 1. The first-order chi connectivity index (χ1) is 8.23. The zero-order chi connectivity index (χ0) is 13.9. The molecule has 0 spiro atoms. The Bertz CT molecular complexity index is 483. The molecule has 0 aliphatic heterocycles. The van der Waals surface area contributed by atoms with Crippen LogP contribution < -0.4 is 5.32 Å². The van der Waals surface area contributed by atoms with Crippen LogP contribution in [0.5, 0.6) is 0 Å². The molecule has 0 bridgehead atoms. The van der Waals surface area contributed by atoms with Gasteiger partial charge in [-0.2, -0.15) is 5.10 Å². The Morgan fingerprint density at radius 2 is 2.11 bits per heavy atom. The SMILES string of the molecule is C=CC(=O)c1cc(NC(=O)OC(C)(C)C)nn1C. The molecule has 0 aliphatic carbocycles. The number of aromatic nitrogens is 2. The van der Waals surface area contributed by atoms with E-state index in [9.17, 15) is 9.59 Å². The Balaban J connectivity index is 2.78. The minimum Gasteiger partial charge on any atom is -0.444 e. The number of rotatable bonds is 3. The lowest BCUT2D eigenvalue weighted by molar-refractivity contribution is 0.0635. The van der Waals surface area contributed by atoms with Gasteiger partial charge in [0.15, 0.2) is 5.82 Å². The van der Waals surface area contributed by atoms with Crippen molar-refractivity contribution in [2.45, 2.75) is 26.4 Å². The standard InChI is InChI=1S/C12H17N3O3/c1-6-9(16)8-7-10(14-15(8)5)13-11(17)18-12(2,3)4/h6-7H,1H2,2-5H3,(H,13,14,17). The summed E-state index contributed by atoms with van der Waals surface area (Å²) in [6.07, 6.45) is 0.576. The number of ether oxygens (including phenoxy) is 1. The largest absolute Gasteiger partial charge is 0.444 e. The van der Waals surface area contributed by atoms with Gasteiger partial charge in [-0.3, -0.25) is 14.8 Å². The number of allylic oxidation sites excluding steroid dienone is 1. The molecule has 6 nitrogen and oxygen atoms in total. The van der Waals surface area contributed by atoms with Crippen molar-refractivity contribution in [3.8, 4) is 0 Å². The van der Waals surface area contributed by atoms with E-state index in [1.54, 1.807) is 27.8 Å². The number of hydrogen-bond acceptors (Lipinski definition) is 4. The van der Waals surface area contributed by atoms with Crippen molar-refractivity contribution in [2.24, 2.45) is 7.05 Å². The molecule has 1 rings (SSSR count). The number of carbonyl (C=O) groups excluding carboxylic acids is 2. The van der Waals surface area contributed by atoms with Crippen LogP contribution in [0.2, 0.25) is 0 Å². The molecule has 6 heteroatoms. The average molecular weight is 251 g/mol. The van der Waals surface area contributed by atoms with Crippen molar-refractivity contribution in [1.29, 1.82) is 0 Å². The average Bonchev–Trinajstić information content (AvgIpc) is 2.55. The smallest absolute Gasteiger partial charge is 0.413 e. The maximum Gasteiger partial charge on any atom is 0.413 e. The lowest BCUT2D eigenvalue weighted by Gasteiger charge is -2.18. The first-order valence-corrected chi connectivity index (χ1v) is 5.44. The van der Waals surface area contributed by atoms with E-state index in [2.05, 4.69) is 17.0 Å². The van der Waals surface area contributed by atoms with E-state index in [0.717, 1.165) is 0 Å². The number of anilines is 1. The molecule has 0 unspecified atom stereocenters. The Morgan fingerprint density at radius 3 is 2.61 bits per heavy atom. The molecule has 1 aromatic heterocycles. The number of nitrogens with one attached hydrogen (secondary N) is 1. The summed E-state index contributed by atoms with van der Waals surface area (Å²) in [6, 6.07) is 1.47. The summed E-state index contributed by atoms with van der Waals surface area (Å²) >= 11 is 0. The molecule has 0 saturated carbocycles. The predicted molar refractivity (Wildman–Crippen MR) is 67.6 cm³/mol. The highest BCUT2D eigenvalue weighted by Gasteiger charge is 2.18. The maximum atomic E-state index is 11.5. The van der Waals surface area contributed by atoms with Crippen LogP contribution in [0.4, 0.5) is 10.6 Å². The summed E-state index contributed by atoms with van der Waals surface area (Å²) in [7, 11) is 1.61. The fraction of sp³-hybridized carbons (Fsp3) is 0.417. The summed E-state index contributed by atoms with van der Waals surface area (Å²) in [5.74, 6) is -0.000751. The number of hydrogen-bond donors (Lipinski definition) is 1. The van der Waals surface area contributed by atoms with Gasteiger partial charge in [0.1, 0.15) is 11.3 Å². The zero-order valence-electron chi connectivity index (χ0n) is 11.0. The van der Waals surface area contributed by atoms with Crippen molar-refractivity contribution in [2.75, 3.05) is 5.32 Å². The monoisotopic (exact) mass is 251 g/mol. The number of amides is 1. The predicted octanol–water partition coefficient (Wildman–Crippen LogP) is 2.14. The van der Waals surface area contributed by atoms with Gasteiger partial charge in [-0.25, -0.2) is 4.79 Å². The lowest BCUT2D eigenvalue weighted by atomic mass is 10.2. The highest BCUT2D eigenvalue weighted by Crippen LogP contribution is 2.12. The van der Waals surface area contributed by atoms with Crippen molar-refractivity contribution in [3.05, 3.63) is 24.4 Å². The zero-order valence-corrected chi connectivity index (χ0v) is 11.0. The van der Waals surface area contributed by atoms with Crippen molar-refractivity contribution in [3.63, 3.8) is 0 Å². The van der Waals surface area contributed by atoms with Gasteiger partial charge in [0.25, 0.3) is 0 Å². The van der Waals surface area contributed by atoms with Crippen LogP contribution in [0, 0.1) is 0 Å². The first kappa shape index (κ1) is 14.0. The van der Waals surface area contributed by atoms with E-state index in [1.165, 1.54) is 16.8 Å². The second-order valence-corrected chi connectivity index (χ2v) is 4.73. The van der Waals surface area contributed by atoms with Gasteiger partial charge < -0.3 is 4.74 Å². The van der Waals surface area contributed by atoms with Crippen LogP contribution in [0.1, 0.15) is 31.3 Å². The molecule has 1 N–H and O–H groups in total. The van der Waals surface area contributed by atoms with Crippen LogP contribution in [0.15, 0.2) is 18.7 Å². The molecule has 0 atom stereocenters. The molecule has 0 radical (unpaired) electrons. The van der Waals surface area contributed by atoms with Gasteiger partial charge in [0, 0.05) is 13.1 Å². The van der Waals surface area contributed by atoms with E-state index in [4.69, 9.17) is 4.74 Å². The molecule has 1 aromatic rings. The normalized spacial score (nSPS) is 10.9. The summed E-state index contributed by atoms with van der Waals surface area (Å²) in [4.78, 5) is 22.9. The van der Waals surface area contributed by atoms with Crippen molar-refractivity contribution >= 4 is 17.7 Å². The van der Waals surface area contributed by atoms with E-state index < -0.39 is 11.7 Å². The first-order valence-electron chi connectivity index (χ1n) is 5.44. The Labute approximate surface area is 106 Å². The number of carbonyl (C=O) groups is 2. The van der Waals surface area contributed by atoms with Crippen molar-refractivity contribution < 1.29 is 14.3 Å². The molecule has 98 valence electrons. The quantitative estimate of drug-likeness (QED) is 0.659. The van der Waals surface area contributed by atoms with Crippen molar-refractivity contribution in [1.82, 2.24) is 9.78 Å². The van der Waals surface area contributed by atoms with E-state index in [-0.39, 0.29) is 11.6 Å². The summed E-state index contributed by atoms with van der Waals surface area (Å²) < 4.78 is 6.44. The Morgan fingerprint density at radius 1 is 1.50 bits per heavy atom. The fourth-order valence-electron chi connectivity index (χ4n) is 1.27. The van der Waals surface area contributed by atoms with E-state index >= 15 is 0 Å². The molecule has 0 fully saturated rings. The molecule has 0 saturated heterocycles. The van der Waals surface area contributed by atoms with Gasteiger partial charge in [-0.15, -0.1) is 0 Å². The van der Waals surface area contributed by atoms with Gasteiger partial charge in [0.05, 0.1) is 0 Å². The summed E-state index contributed by atoms with van der Waals surface area (Å²) in [5.41, 5.74) is -0.241. The Hall–Kier alpha value is -2.11. The summed E-state index contributed by atoms with van der Waals surface area (Å²) in [6.45, 7) is 8.68. The van der Waals surface area contributed by atoms with Crippen LogP contribution >= 0.6 is 0 Å². The number of nitrogens with zero attached hydrogens (tertiary/aromatic N) is 2. The highest BCUT2D eigenvalue weighted by molar-refractivity contribution is 6.03. The molecular formula is C12H17N3O3. The lowest BCUT2D eigenvalue weighted by Crippen LogP contribution is -2.27. The molecule has 1 amide bonds. The Kier molecular flexibility index (Phi) is 3.90. The third kappa shape index (κ3) is 3.73. The van der Waals surface area contributed by atoms with Gasteiger partial charge >= 0.3 is 6.09 Å². The maximum absolute atomic E-state index is 11.5. The van der Waals surface area contributed by atoms with Gasteiger partial charge in [0.2, 0.25) is 5.78 Å². The van der Waals surface area contributed by atoms with Crippen LogP contribution in [0.3, 0.4) is 0 Å². The van der Waals surface area contributed by atoms with Crippen LogP contribution in [0.25, 0.3) is 0 Å². The molecule has 1 heterocycles. The second kappa shape index (κ2) is 5.03. The highest BCUT2D eigenvalue weighted by atomic mass is 16.6. The third-order valence-corrected chi connectivity index (χ3v) is 1.95. The van der Waals surface area contributed by atoms with E-state index in [1.807, 2.05) is 0 Å². The minimum absolute atomic E-state index is 0.261. The minimum atomic E-state index is -0.613. The molecule has 0 aliphatic rings. The van der Waals surface area contributed by atoms with Gasteiger partial charge in [-0.05, 0) is 26.8 Å². The third-order valence-electron chi connectivity index (χ3n) is 1.95. The molecular weight excluding hydrogens is 234 g/mol. The molecule has 0 aromatic carbocycles. The topological polar surface area (TPSA) is 73.2 Å². The number of aryl methyl sites for hydroxylation is 1. The van der Waals surface area contributed by atoms with E-state index in [0.29, 0.717) is 5.69 Å². The van der Waals surface area contributed by atoms with Crippen LogP contribution in [-0.2, 0) is 11.8 Å². The second-order valence-electron chi connectivity index (χ2n) is 4.73.